The highest BCUT2D eigenvalue weighted by Crippen LogP contribution is 2.34. The number of carbonyl (C=O) groups is 2. The number of anilines is 2. The fourth-order valence-corrected chi connectivity index (χ4v) is 2.90. The van der Waals surface area contributed by atoms with Crippen molar-refractivity contribution in [2.75, 3.05) is 10.6 Å². The molecule has 146 valence electrons. The second kappa shape index (κ2) is 7.26. The number of amides is 3. The fraction of sp³-hybridized carbons (Fsp3) is 0.211. The van der Waals surface area contributed by atoms with Crippen LogP contribution in [0.3, 0.4) is 0 Å². The first kappa shape index (κ1) is 19.3. The van der Waals surface area contributed by atoms with Gasteiger partial charge in [0.05, 0.1) is 11.4 Å². The summed E-state index contributed by atoms with van der Waals surface area (Å²) in [7, 11) is 0. The van der Waals surface area contributed by atoms with Crippen LogP contribution in [-0.4, -0.2) is 22.8 Å². The van der Waals surface area contributed by atoms with Gasteiger partial charge < -0.3 is 15.7 Å². The molecule has 4 N–H and O–H groups in total. The molecule has 2 aromatic rings. The van der Waals surface area contributed by atoms with E-state index in [9.17, 15) is 23.5 Å². The minimum atomic E-state index is -0.792. The van der Waals surface area contributed by atoms with Crippen molar-refractivity contribution in [3.8, 4) is 5.75 Å². The number of nitrogens with zero attached hydrogens (tertiary/aromatic N) is 1. The molecule has 0 spiro atoms. The molecule has 1 aliphatic heterocycles. The van der Waals surface area contributed by atoms with Crippen molar-refractivity contribution in [3.05, 3.63) is 53.6 Å². The van der Waals surface area contributed by atoms with Crippen LogP contribution in [0.25, 0.3) is 0 Å². The van der Waals surface area contributed by atoms with Gasteiger partial charge in [-0.1, -0.05) is 13.8 Å². The minimum Gasteiger partial charge on any atom is -0.507 e. The number of carbonyl (C=O) groups excluding carboxylic acids is 2. The van der Waals surface area contributed by atoms with E-state index in [1.165, 1.54) is 18.2 Å². The van der Waals surface area contributed by atoms with Crippen LogP contribution >= 0.6 is 0 Å². The minimum absolute atomic E-state index is 0.0786. The number of nitrogens with one attached hydrogen (secondary N) is 3. The Hall–Kier alpha value is -3.49. The zero-order valence-corrected chi connectivity index (χ0v) is 15.1. The standard InChI is InChI=1S/C19H18F2N4O3/c1-19(2)9-16(27)24-25-17(19)12-8-11(4-6-15(12)26)22-18(28)23-14-7-10(20)3-5-13(14)21/h3-8,26H,9H2,1-2H3,(H,24,27)(H2,22,23,28). The van der Waals surface area contributed by atoms with Gasteiger partial charge >= 0.3 is 6.03 Å². The molecule has 0 radical (unpaired) electrons. The van der Waals surface area contributed by atoms with E-state index in [0.29, 0.717) is 11.3 Å². The lowest BCUT2D eigenvalue weighted by Crippen LogP contribution is -2.39. The van der Waals surface area contributed by atoms with E-state index in [1.807, 2.05) is 13.8 Å². The molecular formula is C19H18F2N4O3. The van der Waals surface area contributed by atoms with Crippen molar-refractivity contribution in [1.82, 2.24) is 5.43 Å². The molecule has 7 nitrogen and oxygen atoms in total. The van der Waals surface area contributed by atoms with Gasteiger partial charge in [-0.25, -0.2) is 19.0 Å². The number of phenolic OH excluding ortho intramolecular Hbond substituents is 1. The maximum atomic E-state index is 13.7. The number of hydrogen-bond donors (Lipinski definition) is 4. The van der Waals surface area contributed by atoms with Crippen LogP contribution < -0.4 is 16.1 Å². The molecule has 0 aromatic heterocycles. The third kappa shape index (κ3) is 4.08. The highest BCUT2D eigenvalue weighted by atomic mass is 19.1. The Balaban J connectivity index is 1.83. The molecule has 0 bridgehead atoms. The number of urea groups is 1. The lowest BCUT2D eigenvalue weighted by Gasteiger charge is -2.30. The Morgan fingerprint density at radius 3 is 2.64 bits per heavy atom. The molecule has 0 saturated carbocycles. The first-order valence-electron chi connectivity index (χ1n) is 8.39. The van der Waals surface area contributed by atoms with Crippen LogP contribution in [0.15, 0.2) is 41.5 Å². The predicted molar refractivity (Wildman–Crippen MR) is 100 cm³/mol. The van der Waals surface area contributed by atoms with Gasteiger partial charge in [0.25, 0.3) is 0 Å². The Kier molecular flexibility index (Phi) is 5.00. The Labute approximate surface area is 159 Å². The fourth-order valence-electron chi connectivity index (χ4n) is 2.90. The first-order valence-corrected chi connectivity index (χ1v) is 8.39. The highest BCUT2D eigenvalue weighted by molar-refractivity contribution is 6.10. The monoisotopic (exact) mass is 388 g/mol. The van der Waals surface area contributed by atoms with Gasteiger partial charge in [0, 0.05) is 29.2 Å². The molecule has 9 heteroatoms. The molecule has 0 fully saturated rings. The summed E-state index contributed by atoms with van der Waals surface area (Å²) in [6.45, 7) is 3.62. The summed E-state index contributed by atoms with van der Waals surface area (Å²) in [5, 5.41) is 19.0. The third-order valence-electron chi connectivity index (χ3n) is 4.22. The van der Waals surface area contributed by atoms with Crippen molar-refractivity contribution in [2.45, 2.75) is 20.3 Å². The van der Waals surface area contributed by atoms with Gasteiger partial charge in [0.15, 0.2) is 0 Å². The van der Waals surface area contributed by atoms with E-state index in [-0.39, 0.29) is 29.5 Å². The molecule has 0 saturated heterocycles. The quantitative estimate of drug-likeness (QED) is 0.605. The van der Waals surface area contributed by atoms with E-state index in [1.54, 1.807) is 0 Å². The number of benzene rings is 2. The Morgan fingerprint density at radius 2 is 1.93 bits per heavy atom. The molecule has 28 heavy (non-hydrogen) atoms. The molecule has 3 rings (SSSR count). The van der Waals surface area contributed by atoms with Crippen molar-refractivity contribution >= 4 is 29.0 Å². The molecule has 0 atom stereocenters. The number of aromatic hydroxyl groups is 1. The van der Waals surface area contributed by atoms with Gasteiger partial charge in [0.2, 0.25) is 5.91 Å². The first-order chi connectivity index (χ1) is 13.2. The average molecular weight is 388 g/mol. The van der Waals surface area contributed by atoms with Gasteiger partial charge in [-0.05, 0) is 30.3 Å². The van der Waals surface area contributed by atoms with Crippen LogP contribution in [0.2, 0.25) is 0 Å². The van der Waals surface area contributed by atoms with E-state index < -0.39 is 23.1 Å². The zero-order chi connectivity index (χ0) is 20.5. The number of hydrazone groups is 1. The lowest BCUT2D eigenvalue weighted by atomic mass is 9.79. The molecule has 0 unspecified atom stereocenters. The molecule has 0 aliphatic carbocycles. The smallest absolute Gasteiger partial charge is 0.323 e. The summed E-state index contributed by atoms with van der Waals surface area (Å²) in [5.74, 6) is -1.79. The maximum Gasteiger partial charge on any atom is 0.323 e. The SMILES string of the molecule is CC1(C)CC(=O)NN=C1c1cc(NC(=O)Nc2cc(F)ccc2F)ccc1O. The molecule has 2 aromatic carbocycles. The predicted octanol–water partition coefficient (Wildman–Crippen LogP) is 3.56. The maximum absolute atomic E-state index is 13.7. The zero-order valence-electron chi connectivity index (χ0n) is 15.1. The van der Waals surface area contributed by atoms with E-state index in [2.05, 4.69) is 21.2 Å². The van der Waals surface area contributed by atoms with Gasteiger partial charge in [-0.3, -0.25) is 4.79 Å². The average Bonchev–Trinajstić information content (AvgIpc) is 2.59. The summed E-state index contributed by atoms with van der Waals surface area (Å²) < 4.78 is 26.9. The van der Waals surface area contributed by atoms with E-state index in [4.69, 9.17) is 0 Å². The van der Waals surface area contributed by atoms with Crippen molar-refractivity contribution < 1.29 is 23.5 Å². The van der Waals surface area contributed by atoms with E-state index >= 15 is 0 Å². The molecule has 1 heterocycles. The van der Waals surface area contributed by atoms with Crippen molar-refractivity contribution in [3.63, 3.8) is 0 Å². The van der Waals surface area contributed by atoms with Gasteiger partial charge in [0.1, 0.15) is 17.4 Å². The highest BCUT2D eigenvalue weighted by Gasteiger charge is 2.34. The summed E-state index contributed by atoms with van der Waals surface area (Å²) in [4.78, 5) is 23.7. The Bertz CT molecular complexity index is 989. The van der Waals surface area contributed by atoms with Crippen LogP contribution in [0.5, 0.6) is 5.75 Å². The number of hydrogen-bond acceptors (Lipinski definition) is 4. The topological polar surface area (TPSA) is 103 Å². The second-order valence-electron chi connectivity index (χ2n) is 6.99. The molecule has 1 aliphatic rings. The van der Waals surface area contributed by atoms with Crippen LogP contribution in [0.4, 0.5) is 25.0 Å². The summed E-state index contributed by atoms with van der Waals surface area (Å²) >= 11 is 0. The molecule has 3 amide bonds. The van der Waals surface area contributed by atoms with E-state index in [0.717, 1.165) is 18.2 Å². The number of halogens is 2. The number of phenols is 1. The Morgan fingerprint density at radius 1 is 1.18 bits per heavy atom. The normalized spacial score (nSPS) is 15.4. The summed E-state index contributed by atoms with van der Waals surface area (Å²) in [6, 6.07) is 6.20. The largest absolute Gasteiger partial charge is 0.507 e. The van der Waals surface area contributed by atoms with Crippen LogP contribution in [0, 0.1) is 17.0 Å². The van der Waals surface area contributed by atoms with Crippen molar-refractivity contribution in [2.24, 2.45) is 10.5 Å². The van der Waals surface area contributed by atoms with Crippen molar-refractivity contribution in [1.29, 1.82) is 0 Å². The summed E-state index contributed by atoms with van der Waals surface area (Å²) in [5.41, 5.74) is 2.51. The third-order valence-corrected chi connectivity index (χ3v) is 4.22. The van der Waals surface area contributed by atoms with Gasteiger partial charge in [-0.15, -0.1) is 0 Å². The lowest BCUT2D eigenvalue weighted by molar-refractivity contribution is -0.122. The van der Waals surface area contributed by atoms with Gasteiger partial charge in [-0.2, -0.15) is 5.10 Å². The second-order valence-corrected chi connectivity index (χ2v) is 6.99. The van der Waals surface area contributed by atoms with Crippen LogP contribution in [-0.2, 0) is 4.79 Å². The van der Waals surface area contributed by atoms with Crippen LogP contribution in [0.1, 0.15) is 25.8 Å². The number of rotatable bonds is 3. The summed E-state index contributed by atoms with van der Waals surface area (Å²) in [6.07, 6.45) is 0.183. The molecular weight excluding hydrogens is 370 g/mol.